The molecule has 3 aromatic rings. The SMILES string of the molecule is COc1ccc(O)c(-c2cc3cc(C)ccc3o2)c1. The highest BCUT2D eigenvalue weighted by Crippen LogP contribution is 2.36. The molecule has 0 saturated heterocycles. The van der Waals surface area contributed by atoms with E-state index in [1.165, 1.54) is 5.56 Å². The number of ether oxygens (including phenoxy) is 1. The molecule has 0 amide bonds. The number of phenolic OH excluding ortho intramolecular Hbond substituents is 1. The van der Waals surface area contributed by atoms with E-state index in [0.29, 0.717) is 17.1 Å². The summed E-state index contributed by atoms with van der Waals surface area (Å²) in [6.45, 7) is 2.04. The van der Waals surface area contributed by atoms with Gasteiger partial charge in [-0.3, -0.25) is 0 Å². The molecule has 0 aliphatic rings. The van der Waals surface area contributed by atoms with Crippen molar-refractivity contribution in [3.8, 4) is 22.8 Å². The Bertz CT molecular complexity index is 741. The normalized spacial score (nSPS) is 10.8. The quantitative estimate of drug-likeness (QED) is 0.748. The first kappa shape index (κ1) is 11.7. The third kappa shape index (κ3) is 2.03. The van der Waals surface area contributed by atoms with Crippen molar-refractivity contribution in [2.24, 2.45) is 0 Å². The Hall–Kier alpha value is -2.42. The van der Waals surface area contributed by atoms with E-state index < -0.39 is 0 Å². The summed E-state index contributed by atoms with van der Waals surface area (Å²) in [6, 6.07) is 13.0. The van der Waals surface area contributed by atoms with Crippen LogP contribution in [0.1, 0.15) is 5.56 Å². The van der Waals surface area contributed by atoms with Crippen LogP contribution in [0.5, 0.6) is 11.5 Å². The van der Waals surface area contributed by atoms with Gasteiger partial charge in [0.2, 0.25) is 0 Å². The molecule has 3 rings (SSSR count). The monoisotopic (exact) mass is 254 g/mol. The van der Waals surface area contributed by atoms with E-state index in [0.717, 1.165) is 11.0 Å². The molecule has 3 nitrogen and oxygen atoms in total. The smallest absolute Gasteiger partial charge is 0.139 e. The van der Waals surface area contributed by atoms with Crippen LogP contribution in [0.4, 0.5) is 0 Å². The molecule has 1 aromatic heterocycles. The van der Waals surface area contributed by atoms with Crippen LogP contribution in [-0.2, 0) is 0 Å². The molecule has 1 heterocycles. The lowest BCUT2D eigenvalue weighted by atomic mass is 10.1. The summed E-state index contributed by atoms with van der Waals surface area (Å²) < 4.78 is 10.9. The maximum atomic E-state index is 9.95. The molecular weight excluding hydrogens is 240 g/mol. The molecule has 0 bridgehead atoms. The summed E-state index contributed by atoms with van der Waals surface area (Å²) in [5.41, 5.74) is 2.62. The number of aryl methyl sites for hydroxylation is 1. The zero-order chi connectivity index (χ0) is 13.4. The van der Waals surface area contributed by atoms with Gasteiger partial charge in [-0.05, 0) is 43.3 Å². The number of hydrogen-bond donors (Lipinski definition) is 1. The lowest BCUT2D eigenvalue weighted by molar-refractivity contribution is 0.412. The first-order chi connectivity index (χ1) is 9.17. The summed E-state index contributed by atoms with van der Waals surface area (Å²) in [6.07, 6.45) is 0. The van der Waals surface area contributed by atoms with E-state index in [2.05, 4.69) is 6.07 Å². The van der Waals surface area contributed by atoms with Crippen LogP contribution in [0.15, 0.2) is 46.9 Å². The number of phenols is 1. The molecule has 0 aliphatic heterocycles. The van der Waals surface area contributed by atoms with E-state index in [1.54, 1.807) is 25.3 Å². The van der Waals surface area contributed by atoms with Crippen LogP contribution in [-0.4, -0.2) is 12.2 Å². The minimum absolute atomic E-state index is 0.177. The molecule has 0 atom stereocenters. The van der Waals surface area contributed by atoms with Crippen LogP contribution in [0, 0.1) is 6.92 Å². The zero-order valence-electron chi connectivity index (χ0n) is 10.8. The number of methoxy groups -OCH3 is 1. The van der Waals surface area contributed by atoms with Crippen LogP contribution in [0.3, 0.4) is 0 Å². The van der Waals surface area contributed by atoms with Crippen molar-refractivity contribution >= 4 is 11.0 Å². The maximum absolute atomic E-state index is 9.95. The summed E-state index contributed by atoms with van der Waals surface area (Å²) in [5, 5.41) is 11.0. The van der Waals surface area contributed by atoms with E-state index in [1.807, 2.05) is 25.1 Å². The Balaban J connectivity index is 2.18. The number of furan rings is 1. The van der Waals surface area contributed by atoms with Crippen LogP contribution < -0.4 is 4.74 Å². The highest BCUT2D eigenvalue weighted by molar-refractivity contribution is 5.84. The Morgan fingerprint density at radius 2 is 1.89 bits per heavy atom. The Labute approximate surface area is 111 Å². The second-order valence-electron chi connectivity index (χ2n) is 4.54. The molecule has 0 fully saturated rings. The van der Waals surface area contributed by atoms with Gasteiger partial charge in [0.15, 0.2) is 0 Å². The summed E-state index contributed by atoms with van der Waals surface area (Å²) in [7, 11) is 1.60. The molecule has 0 aliphatic carbocycles. The van der Waals surface area contributed by atoms with Crippen molar-refractivity contribution in [3.63, 3.8) is 0 Å². The minimum Gasteiger partial charge on any atom is -0.507 e. The number of rotatable bonds is 2. The number of aromatic hydroxyl groups is 1. The lowest BCUT2D eigenvalue weighted by Gasteiger charge is -2.04. The molecule has 3 heteroatoms. The van der Waals surface area contributed by atoms with Crippen LogP contribution >= 0.6 is 0 Å². The Morgan fingerprint density at radius 1 is 1.05 bits per heavy atom. The number of benzene rings is 2. The minimum atomic E-state index is 0.177. The Kier molecular flexibility index (Phi) is 2.67. The van der Waals surface area contributed by atoms with Gasteiger partial charge < -0.3 is 14.3 Å². The molecule has 0 saturated carbocycles. The summed E-state index contributed by atoms with van der Waals surface area (Å²) >= 11 is 0. The summed E-state index contributed by atoms with van der Waals surface area (Å²) in [4.78, 5) is 0. The number of fused-ring (bicyclic) bond motifs is 1. The first-order valence-corrected chi connectivity index (χ1v) is 6.05. The van der Waals surface area contributed by atoms with Gasteiger partial charge in [-0.2, -0.15) is 0 Å². The van der Waals surface area contributed by atoms with Crippen molar-refractivity contribution in [1.29, 1.82) is 0 Å². The molecular formula is C16H14O3. The fraction of sp³-hybridized carbons (Fsp3) is 0.125. The number of hydrogen-bond acceptors (Lipinski definition) is 3. The van der Waals surface area contributed by atoms with Gasteiger partial charge >= 0.3 is 0 Å². The topological polar surface area (TPSA) is 42.6 Å². The average Bonchev–Trinajstić information content (AvgIpc) is 2.82. The maximum Gasteiger partial charge on any atom is 0.139 e. The van der Waals surface area contributed by atoms with Gasteiger partial charge in [-0.15, -0.1) is 0 Å². The van der Waals surface area contributed by atoms with Gasteiger partial charge in [0.1, 0.15) is 22.8 Å². The van der Waals surface area contributed by atoms with Gasteiger partial charge in [0.25, 0.3) is 0 Å². The molecule has 19 heavy (non-hydrogen) atoms. The standard InChI is InChI=1S/C16H14O3/c1-10-3-6-15-11(7-10)8-16(19-15)13-9-12(18-2)4-5-14(13)17/h3-9,17H,1-2H3. The highest BCUT2D eigenvalue weighted by Gasteiger charge is 2.11. The van der Waals surface area contributed by atoms with Crippen molar-refractivity contribution in [1.82, 2.24) is 0 Å². The van der Waals surface area contributed by atoms with E-state index in [9.17, 15) is 5.11 Å². The van der Waals surface area contributed by atoms with E-state index in [-0.39, 0.29) is 5.75 Å². The highest BCUT2D eigenvalue weighted by atomic mass is 16.5. The van der Waals surface area contributed by atoms with Crippen LogP contribution in [0.2, 0.25) is 0 Å². The molecule has 0 radical (unpaired) electrons. The molecule has 0 unspecified atom stereocenters. The molecule has 1 N–H and O–H groups in total. The van der Waals surface area contributed by atoms with Gasteiger partial charge in [-0.25, -0.2) is 0 Å². The average molecular weight is 254 g/mol. The van der Waals surface area contributed by atoms with Crippen molar-refractivity contribution < 1.29 is 14.3 Å². The van der Waals surface area contributed by atoms with Crippen molar-refractivity contribution in [2.75, 3.05) is 7.11 Å². The molecule has 2 aromatic carbocycles. The molecule has 0 spiro atoms. The first-order valence-electron chi connectivity index (χ1n) is 6.05. The second-order valence-corrected chi connectivity index (χ2v) is 4.54. The third-order valence-electron chi connectivity index (χ3n) is 3.14. The fourth-order valence-electron chi connectivity index (χ4n) is 2.13. The van der Waals surface area contributed by atoms with Gasteiger partial charge in [0, 0.05) is 5.39 Å². The van der Waals surface area contributed by atoms with Crippen molar-refractivity contribution in [3.05, 3.63) is 48.0 Å². The van der Waals surface area contributed by atoms with Gasteiger partial charge in [0.05, 0.1) is 12.7 Å². The zero-order valence-corrected chi connectivity index (χ0v) is 10.8. The van der Waals surface area contributed by atoms with Gasteiger partial charge in [-0.1, -0.05) is 11.6 Å². The Morgan fingerprint density at radius 3 is 2.68 bits per heavy atom. The van der Waals surface area contributed by atoms with Crippen molar-refractivity contribution in [2.45, 2.75) is 6.92 Å². The summed E-state index contributed by atoms with van der Waals surface area (Å²) in [5.74, 6) is 1.50. The predicted octanol–water partition coefficient (Wildman–Crippen LogP) is 4.12. The lowest BCUT2D eigenvalue weighted by Crippen LogP contribution is -1.83. The second kappa shape index (κ2) is 4.35. The van der Waals surface area contributed by atoms with Crippen LogP contribution in [0.25, 0.3) is 22.3 Å². The molecule has 96 valence electrons. The van der Waals surface area contributed by atoms with E-state index >= 15 is 0 Å². The predicted molar refractivity (Wildman–Crippen MR) is 74.6 cm³/mol. The third-order valence-corrected chi connectivity index (χ3v) is 3.14. The van der Waals surface area contributed by atoms with E-state index in [4.69, 9.17) is 9.15 Å². The largest absolute Gasteiger partial charge is 0.507 e. The fourth-order valence-corrected chi connectivity index (χ4v) is 2.13.